The van der Waals surface area contributed by atoms with Gasteiger partial charge in [0.15, 0.2) is 0 Å². The predicted molar refractivity (Wildman–Crippen MR) is 58.6 cm³/mol. The van der Waals surface area contributed by atoms with E-state index in [-0.39, 0.29) is 12.3 Å². The number of rotatable bonds is 4. The molecule has 0 aliphatic rings. The Morgan fingerprint density at radius 2 is 2.27 bits per heavy atom. The molecule has 82 valence electrons. The van der Waals surface area contributed by atoms with E-state index < -0.39 is 5.91 Å². The van der Waals surface area contributed by atoms with Crippen molar-refractivity contribution in [1.82, 2.24) is 4.90 Å². The van der Waals surface area contributed by atoms with Crippen LogP contribution >= 0.6 is 11.6 Å². The largest absolute Gasteiger partial charge is 0.508 e. The summed E-state index contributed by atoms with van der Waals surface area (Å²) in [4.78, 5) is 12.3. The van der Waals surface area contributed by atoms with Gasteiger partial charge in [0, 0.05) is 17.1 Å². The molecule has 0 aliphatic heterocycles. The number of phenols is 1. The lowest BCUT2D eigenvalue weighted by Gasteiger charge is -2.16. The Morgan fingerprint density at radius 1 is 1.60 bits per heavy atom. The van der Waals surface area contributed by atoms with Gasteiger partial charge in [-0.1, -0.05) is 17.7 Å². The molecule has 0 spiro atoms. The number of carbonyl (C=O) groups excluding carboxylic acids is 1. The second-order valence-corrected chi connectivity index (χ2v) is 3.78. The van der Waals surface area contributed by atoms with Crippen molar-refractivity contribution in [1.29, 1.82) is 0 Å². The zero-order valence-corrected chi connectivity index (χ0v) is 9.16. The first-order valence-electron chi connectivity index (χ1n) is 4.44. The third-order valence-electron chi connectivity index (χ3n) is 1.95. The summed E-state index contributed by atoms with van der Waals surface area (Å²) in [7, 11) is 1.73. The molecule has 0 aliphatic carbocycles. The summed E-state index contributed by atoms with van der Waals surface area (Å²) in [6.07, 6.45) is 0. The van der Waals surface area contributed by atoms with Crippen LogP contribution in [-0.4, -0.2) is 29.5 Å². The number of likely N-dealkylation sites (N-methyl/N-ethyl adjacent to an activating group) is 1. The number of primary amides is 1. The maximum absolute atomic E-state index is 10.7. The minimum absolute atomic E-state index is 0.124. The van der Waals surface area contributed by atoms with Crippen LogP contribution in [0.3, 0.4) is 0 Å². The Balaban J connectivity index is 2.76. The van der Waals surface area contributed by atoms with E-state index in [4.69, 9.17) is 17.3 Å². The highest BCUT2D eigenvalue weighted by Crippen LogP contribution is 2.26. The van der Waals surface area contributed by atoms with Crippen LogP contribution in [0.25, 0.3) is 0 Å². The van der Waals surface area contributed by atoms with Crippen LogP contribution in [0.4, 0.5) is 0 Å². The van der Waals surface area contributed by atoms with Gasteiger partial charge in [-0.25, -0.2) is 0 Å². The molecule has 0 atom stereocenters. The van der Waals surface area contributed by atoms with E-state index in [0.717, 1.165) is 0 Å². The van der Waals surface area contributed by atoms with Gasteiger partial charge in [0.2, 0.25) is 5.91 Å². The Morgan fingerprint density at radius 3 is 2.80 bits per heavy atom. The first-order valence-corrected chi connectivity index (χ1v) is 4.81. The van der Waals surface area contributed by atoms with Crippen molar-refractivity contribution in [2.45, 2.75) is 6.54 Å². The molecular weight excluding hydrogens is 216 g/mol. The van der Waals surface area contributed by atoms with E-state index in [1.165, 1.54) is 0 Å². The molecule has 0 aromatic heterocycles. The van der Waals surface area contributed by atoms with Gasteiger partial charge in [0.05, 0.1) is 6.54 Å². The van der Waals surface area contributed by atoms with E-state index in [9.17, 15) is 9.90 Å². The third kappa shape index (κ3) is 3.42. The number of hydrogen-bond donors (Lipinski definition) is 2. The molecular formula is C10H13ClN2O2. The molecule has 15 heavy (non-hydrogen) atoms. The number of carbonyl (C=O) groups is 1. The van der Waals surface area contributed by atoms with Crippen LogP contribution in [-0.2, 0) is 11.3 Å². The van der Waals surface area contributed by atoms with Crippen LogP contribution in [0.1, 0.15) is 5.56 Å². The molecule has 1 rings (SSSR count). The number of phenolic OH excluding ortho intramolecular Hbond substituents is 1. The average molecular weight is 229 g/mol. The summed E-state index contributed by atoms with van der Waals surface area (Å²) in [5, 5.41) is 10.0. The minimum atomic E-state index is -0.413. The van der Waals surface area contributed by atoms with Crippen LogP contribution in [0, 0.1) is 0 Å². The lowest BCUT2D eigenvalue weighted by atomic mass is 10.2. The fourth-order valence-electron chi connectivity index (χ4n) is 1.30. The van der Waals surface area contributed by atoms with Gasteiger partial charge >= 0.3 is 0 Å². The van der Waals surface area contributed by atoms with E-state index in [0.29, 0.717) is 17.1 Å². The number of aromatic hydroxyl groups is 1. The highest BCUT2D eigenvalue weighted by Gasteiger charge is 2.10. The molecule has 4 nitrogen and oxygen atoms in total. The lowest BCUT2D eigenvalue weighted by molar-refractivity contribution is -0.118. The molecule has 0 saturated heterocycles. The lowest BCUT2D eigenvalue weighted by Crippen LogP contribution is -2.30. The van der Waals surface area contributed by atoms with Crippen molar-refractivity contribution in [2.75, 3.05) is 13.6 Å². The second kappa shape index (κ2) is 5.00. The molecule has 0 heterocycles. The Kier molecular flexibility index (Phi) is 3.94. The van der Waals surface area contributed by atoms with Crippen molar-refractivity contribution in [2.24, 2.45) is 5.73 Å². The monoisotopic (exact) mass is 228 g/mol. The molecule has 5 heteroatoms. The summed E-state index contributed by atoms with van der Waals surface area (Å²) in [5.41, 5.74) is 5.65. The Bertz CT molecular complexity index is 348. The van der Waals surface area contributed by atoms with Crippen LogP contribution in [0.15, 0.2) is 18.2 Å². The highest BCUT2D eigenvalue weighted by molar-refractivity contribution is 6.31. The number of hydrogen-bond acceptors (Lipinski definition) is 3. The topological polar surface area (TPSA) is 66.6 Å². The van der Waals surface area contributed by atoms with E-state index in [1.54, 1.807) is 30.1 Å². The maximum Gasteiger partial charge on any atom is 0.231 e. The Hall–Kier alpha value is -1.26. The summed E-state index contributed by atoms with van der Waals surface area (Å²) >= 11 is 5.91. The van der Waals surface area contributed by atoms with Gasteiger partial charge in [0.25, 0.3) is 0 Å². The predicted octanol–water partition coefficient (Wildman–Crippen LogP) is 0.963. The number of amides is 1. The molecule has 1 aromatic rings. The zero-order chi connectivity index (χ0) is 11.4. The molecule has 0 bridgehead atoms. The van der Waals surface area contributed by atoms with E-state index in [1.807, 2.05) is 0 Å². The van der Waals surface area contributed by atoms with Gasteiger partial charge in [-0.2, -0.15) is 0 Å². The van der Waals surface area contributed by atoms with Crippen molar-refractivity contribution in [3.05, 3.63) is 28.8 Å². The average Bonchev–Trinajstić information content (AvgIpc) is 2.10. The number of nitrogens with two attached hydrogens (primary N) is 1. The molecule has 0 radical (unpaired) electrons. The molecule has 3 N–H and O–H groups in total. The Labute approximate surface area is 93.2 Å². The minimum Gasteiger partial charge on any atom is -0.508 e. The highest BCUT2D eigenvalue weighted by atomic mass is 35.5. The summed E-state index contributed by atoms with van der Waals surface area (Å²) in [5.74, 6) is -0.289. The molecule has 1 amide bonds. The van der Waals surface area contributed by atoms with Crippen LogP contribution in [0.2, 0.25) is 5.02 Å². The van der Waals surface area contributed by atoms with E-state index in [2.05, 4.69) is 0 Å². The summed E-state index contributed by atoms with van der Waals surface area (Å²) in [6, 6.07) is 4.91. The number of benzene rings is 1. The molecule has 0 unspecified atom stereocenters. The fraction of sp³-hybridized carbons (Fsp3) is 0.300. The number of halogens is 1. The molecule has 0 saturated carbocycles. The van der Waals surface area contributed by atoms with Gasteiger partial charge in [-0.3, -0.25) is 9.69 Å². The first kappa shape index (κ1) is 11.8. The van der Waals surface area contributed by atoms with Crippen molar-refractivity contribution in [3.8, 4) is 5.75 Å². The SMILES string of the molecule is CN(CC(N)=O)Cc1c(O)cccc1Cl. The molecule has 1 aromatic carbocycles. The van der Waals surface area contributed by atoms with Crippen molar-refractivity contribution < 1.29 is 9.90 Å². The van der Waals surface area contributed by atoms with Crippen LogP contribution in [0.5, 0.6) is 5.75 Å². The van der Waals surface area contributed by atoms with Crippen LogP contribution < -0.4 is 5.73 Å². The van der Waals surface area contributed by atoms with Crippen molar-refractivity contribution >= 4 is 17.5 Å². The third-order valence-corrected chi connectivity index (χ3v) is 2.30. The van der Waals surface area contributed by atoms with Gasteiger partial charge in [-0.05, 0) is 19.2 Å². The zero-order valence-electron chi connectivity index (χ0n) is 8.40. The van der Waals surface area contributed by atoms with Gasteiger partial charge in [-0.15, -0.1) is 0 Å². The standard InChI is InChI=1S/C10H13ClN2O2/c1-13(6-10(12)15)5-7-8(11)3-2-4-9(7)14/h2-4,14H,5-6H2,1H3,(H2,12,15). The maximum atomic E-state index is 10.7. The van der Waals surface area contributed by atoms with Crippen molar-refractivity contribution in [3.63, 3.8) is 0 Å². The first-order chi connectivity index (χ1) is 7.00. The normalized spacial score (nSPS) is 10.6. The second-order valence-electron chi connectivity index (χ2n) is 3.38. The smallest absolute Gasteiger partial charge is 0.231 e. The fourth-order valence-corrected chi connectivity index (χ4v) is 1.52. The summed E-state index contributed by atoms with van der Waals surface area (Å²) < 4.78 is 0. The summed E-state index contributed by atoms with van der Waals surface area (Å²) in [6.45, 7) is 0.513. The quantitative estimate of drug-likeness (QED) is 0.807. The molecule has 0 fully saturated rings. The van der Waals surface area contributed by atoms with Gasteiger partial charge < -0.3 is 10.8 Å². The van der Waals surface area contributed by atoms with E-state index >= 15 is 0 Å². The van der Waals surface area contributed by atoms with Gasteiger partial charge in [0.1, 0.15) is 5.75 Å². The number of nitrogens with zero attached hydrogens (tertiary/aromatic N) is 1.